The van der Waals surface area contributed by atoms with Gasteiger partial charge in [-0.25, -0.2) is 4.39 Å². The van der Waals surface area contributed by atoms with Crippen LogP contribution in [0.2, 0.25) is 0 Å². The van der Waals surface area contributed by atoms with Gasteiger partial charge in [0.25, 0.3) is 0 Å². The highest BCUT2D eigenvalue weighted by molar-refractivity contribution is 5.87. The number of carbonyl (C=O) groups is 2. The smallest absolute Gasteiger partial charge is 0.242 e. The molecule has 0 unspecified atom stereocenters. The van der Waals surface area contributed by atoms with Crippen LogP contribution in [0, 0.1) is 18.7 Å². The van der Waals surface area contributed by atoms with Crippen molar-refractivity contribution in [2.24, 2.45) is 5.92 Å². The fourth-order valence-corrected chi connectivity index (χ4v) is 3.01. The number of hydrogen-bond donors (Lipinski definition) is 1. The van der Waals surface area contributed by atoms with Crippen molar-refractivity contribution in [2.75, 3.05) is 13.2 Å². The Morgan fingerprint density at radius 3 is 2.29 bits per heavy atom. The molecular weight excluding hydrogens is 395 g/mol. The Balaban J connectivity index is 1.97. The first-order valence-electron chi connectivity index (χ1n) is 10.8. The zero-order chi connectivity index (χ0) is 22.8. The Bertz CT molecular complexity index is 835. The summed E-state index contributed by atoms with van der Waals surface area (Å²) in [6, 6.07) is 13.1. The summed E-state index contributed by atoms with van der Waals surface area (Å²) in [4.78, 5) is 27.1. The molecule has 31 heavy (non-hydrogen) atoms. The first-order valence-corrected chi connectivity index (χ1v) is 10.8. The van der Waals surface area contributed by atoms with Crippen molar-refractivity contribution < 1.29 is 18.7 Å². The number of benzene rings is 2. The van der Waals surface area contributed by atoms with Gasteiger partial charge in [-0.15, -0.1) is 0 Å². The van der Waals surface area contributed by atoms with Crippen LogP contribution >= 0.6 is 0 Å². The molecule has 0 saturated carbocycles. The summed E-state index contributed by atoms with van der Waals surface area (Å²) in [5.41, 5.74) is 1.93. The lowest BCUT2D eigenvalue weighted by atomic mass is 10.1. The van der Waals surface area contributed by atoms with Crippen LogP contribution in [0.5, 0.6) is 5.75 Å². The van der Waals surface area contributed by atoms with E-state index in [1.807, 2.05) is 45.0 Å². The predicted octanol–water partition coefficient (Wildman–Crippen LogP) is 4.48. The first-order chi connectivity index (χ1) is 14.8. The Morgan fingerprint density at radius 2 is 1.68 bits per heavy atom. The molecular formula is C25H33FN2O3. The topological polar surface area (TPSA) is 58.6 Å². The van der Waals surface area contributed by atoms with Gasteiger partial charge in [0.05, 0.1) is 6.61 Å². The summed E-state index contributed by atoms with van der Waals surface area (Å²) in [6.45, 7) is 8.96. The average Bonchev–Trinajstić information content (AvgIpc) is 2.75. The standard InChI is InChI=1S/C25H33FN2O3/c1-18(2)16-27-25(30)20(4)28(17-21-9-11-22(26)12-10-21)24(29)6-5-15-31-23-13-7-19(3)8-14-23/h7-14,18,20H,5-6,15-17H2,1-4H3,(H,27,30)/t20-/m1/s1. The van der Waals surface area contributed by atoms with Gasteiger partial charge in [0.1, 0.15) is 17.6 Å². The lowest BCUT2D eigenvalue weighted by molar-refractivity contribution is -0.140. The molecule has 2 rings (SSSR count). The van der Waals surface area contributed by atoms with Crippen LogP contribution in [0.1, 0.15) is 44.7 Å². The fourth-order valence-electron chi connectivity index (χ4n) is 3.01. The molecule has 0 aliphatic heterocycles. The van der Waals surface area contributed by atoms with Crippen molar-refractivity contribution >= 4 is 11.8 Å². The van der Waals surface area contributed by atoms with Crippen LogP contribution in [0.25, 0.3) is 0 Å². The van der Waals surface area contributed by atoms with E-state index in [0.717, 1.165) is 16.9 Å². The molecule has 0 aliphatic carbocycles. The zero-order valence-electron chi connectivity index (χ0n) is 18.9. The SMILES string of the molecule is Cc1ccc(OCCCC(=O)N(Cc2ccc(F)cc2)[C@H](C)C(=O)NCC(C)C)cc1. The highest BCUT2D eigenvalue weighted by atomic mass is 19.1. The van der Waals surface area contributed by atoms with E-state index < -0.39 is 6.04 Å². The fraction of sp³-hybridized carbons (Fsp3) is 0.440. The Labute approximate surface area is 184 Å². The summed E-state index contributed by atoms with van der Waals surface area (Å²) in [5, 5.41) is 2.89. The van der Waals surface area contributed by atoms with Gasteiger partial charge in [-0.3, -0.25) is 9.59 Å². The van der Waals surface area contributed by atoms with Gasteiger partial charge >= 0.3 is 0 Å². The van der Waals surface area contributed by atoms with E-state index in [9.17, 15) is 14.0 Å². The number of rotatable bonds is 11. The first kappa shape index (κ1) is 24.4. The minimum atomic E-state index is -0.630. The second kappa shape index (κ2) is 12.1. The molecule has 0 radical (unpaired) electrons. The molecule has 0 aliphatic rings. The molecule has 0 spiro atoms. The van der Waals surface area contributed by atoms with Crippen LogP contribution in [0.15, 0.2) is 48.5 Å². The monoisotopic (exact) mass is 428 g/mol. The molecule has 5 nitrogen and oxygen atoms in total. The Morgan fingerprint density at radius 1 is 1.03 bits per heavy atom. The van der Waals surface area contributed by atoms with Gasteiger partial charge < -0.3 is 15.0 Å². The number of carbonyl (C=O) groups excluding carboxylic acids is 2. The van der Waals surface area contributed by atoms with Crippen molar-refractivity contribution in [2.45, 2.75) is 53.1 Å². The number of nitrogens with one attached hydrogen (secondary N) is 1. The van der Waals surface area contributed by atoms with E-state index in [0.29, 0.717) is 25.5 Å². The summed E-state index contributed by atoms with van der Waals surface area (Å²) in [6.07, 6.45) is 0.793. The number of hydrogen-bond acceptors (Lipinski definition) is 3. The van der Waals surface area contributed by atoms with Crippen molar-refractivity contribution in [1.82, 2.24) is 10.2 Å². The maximum absolute atomic E-state index is 13.3. The van der Waals surface area contributed by atoms with E-state index >= 15 is 0 Å². The summed E-state index contributed by atoms with van der Waals surface area (Å²) in [7, 11) is 0. The second-order valence-electron chi connectivity index (χ2n) is 8.23. The van der Waals surface area contributed by atoms with Crippen molar-refractivity contribution in [1.29, 1.82) is 0 Å². The summed E-state index contributed by atoms with van der Waals surface area (Å²) in [5.74, 6) is 0.417. The van der Waals surface area contributed by atoms with Crippen LogP contribution in [0.4, 0.5) is 4.39 Å². The van der Waals surface area contributed by atoms with E-state index in [1.54, 1.807) is 24.0 Å². The average molecular weight is 429 g/mol. The zero-order valence-corrected chi connectivity index (χ0v) is 18.9. The molecule has 2 amide bonds. The lowest BCUT2D eigenvalue weighted by Crippen LogP contribution is -2.48. The number of ether oxygens (including phenoxy) is 1. The summed E-state index contributed by atoms with van der Waals surface area (Å²) >= 11 is 0. The number of halogens is 1. The maximum Gasteiger partial charge on any atom is 0.242 e. The summed E-state index contributed by atoms with van der Waals surface area (Å²) < 4.78 is 19.0. The van der Waals surface area contributed by atoms with Gasteiger partial charge in [-0.2, -0.15) is 0 Å². The van der Waals surface area contributed by atoms with Gasteiger partial charge in [-0.05, 0) is 56.0 Å². The third kappa shape index (κ3) is 8.40. The maximum atomic E-state index is 13.3. The van der Waals surface area contributed by atoms with Gasteiger partial charge in [0, 0.05) is 19.5 Å². The number of nitrogens with zero attached hydrogens (tertiary/aromatic N) is 1. The van der Waals surface area contributed by atoms with E-state index in [1.165, 1.54) is 12.1 Å². The van der Waals surface area contributed by atoms with E-state index in [2.05, 4.69) is 5.32 Å². The lowest BCUT2D eigenvalue weighted by Gasteiger charge is -2.29. The van der Waals surface area contributed by atoms with Crippen molar-refractivity contribution in [3.63, 3.8) is 0 Å². The van der Waals surface area contributed by atoms with Crippen LogP contribution in [-0.4, -0.2) is 35.9 Å². The molecule has 0 aromatic heterocycles. The molecule has 6 heteroatoms. The van der Waals surface area contributed by atoms with Crippen molar-refractivity contribution in [3.05, 3.63) is 65.5 Å². The van der Waals surface area contributed by atoms with Gasteiger partial charge in [0.2, 0.25) is 11.8 Å². The van der Waals surface area contributed by atoms with Crippen LogP contribution < -0.4 is 10.1 Å². The molecule has 0 bridgehead atoms. The molecule has 0 fully saturated rings. The highest BCUT2D eigenvalue weighted by Gasteiger charge is 2.25. The number of aryl methyl sites for hydroxylation is 1. The molecule has 2 aromatic carbocycles. The molecule has 168 valence electrons. The molecule has 0 heterocycles. The third-order valence-corrected chi connectivity index (χ3v) is 4.94. The van der Waals surface area contributed by atoms with Crippen molar-refractivity contribution in [3.8, 4) is 5.75 Å². The normalized spacial score (nSPS) is 11.8. The highest BCUT2D eigenvalue weighted by Crippen LogP contribution is 2.15. The molecule has 2 aromatic rings. The minimum Gasteiger partial charge on any atom is -0.494 e. The van der Waals surface area contributed by atoms with Crippen LogP contribution in [0.3, 0.4) is 0 Å². The largest absolute Gasteiger partial charge is 0.494 e. The Hall–Kier alpha value is -2.89. The molecule has 1 atom stereocenters. The van der Waals surface area contributed by atoms with Gasteiger partial charge in [-0.1, -0.05) is 43.7 Å². The van der Waals surface area contributed by atoms with Gasteiger partial charge in [0.15, 0.2) is 0 Å². The Kier molecular flexibility index (Phi) is 9.50. The third-order valence-electron chi connectivity index (χ3n) is 4.94. The predicted molar refractivity (Wildman–Crippen MR) is 120 cm³/mol. The molecule has 1 N–H and O–H groups in total. The number of amides is 2. The second-order valence-corrected chi connectivity index (χ2v) is 8.23. The quantitative estimate of drug-likeness (QED) is 0.537. The molecule has 0 saturated heterocycles. The van der Waals surface area contributed by atoms with E-state index in [-0.39, 0.29) is 30.6 Å². The van der Waals surface area contributed by atoms with Crippen LogP contribution in [-0.2, 0) is 16.1 Å². The van der Waals surface area contributed by atoms with E-state index in [4.69, 9.17) is 4.74 Å². The minimum absolute atomic E-state index is 0.135.